The molecule has 5 nitrogen and oxygen atoms in total. The molecule has 1 heterocycles. The van der Waals surface area contributed by atoms with E-state index in [2.05, 4.69) is 70.9 Å². The highest BCUT2D eigenvalue weighted by molar-refractivity contribution is 5.85. The summed E-state index contributed by atoms with van der Waals surface area (Å²) in [5.74, 6) is 0.168. The lowest BCUT2D eigenvalue weighted by molar-refractivity contribution is -0.132. The molecule has 7 heteroatoms. The number of hydrogen-bond acceptors (Lipinski definition) is 4. The third-order valence-corrected chi connectivity index (χ3v) is 5.02. The maximum atomic E-state index is 12.4. The molecule has 1 amide bonds. The van der Waals surface area contributed by atoms with Crippen LogP contribution < -0.4 is 5.32 Å². The lowest BCUT2D eigenvalue weighted by atomic mass is 9.96. The second-order valence-corrected chi connectivity index (χ2v) is 6.81. The number of nitrogens with one attached hydrogen (secondary N) is 1. The van der Waals surface area contributed by atoms with Gasteiger partial charge in [-0.05, 0) is 11.1 Å². The molecule has 1 aliphatic rings. The Balaban J connectivity index is 0.00000210. The molecule has 2 aromatic rings. The number of carbonyl (C=O) groups excluding carboxylic acids is 1. The number of methoxy groups -OCH3 is 1. The van der Waals surface area contributed by atoms with Crippen LogP contribution in [0.3, 0.4) is 0 Å². The summed E-state index contributed by atoms with van der Waals surface area (Å²) < 4.78 is 5.00. The van der Waals surface area contributed by atoms with Crippen molar-refractivity contribution in [2.45, 2.75) is 6.04 Å². The normalized spacial score (nSPS) is 14.2. The SMILES string of the molecule is COCCNCC(=O)N1CCN(C(c2ccccc2)c2ccccc2)CC1.Cl.Cl. The van der Waals surface area contributed by atoms with Gasteiger partial charge in [-0.2, -0.15) is 0 Å². The molecule has 1 saturated heterocycles. The van der Waals surface area contributed by atoms with Gasteiger partial charge in [0.05, 0.1) is 19.2 Å². The van der Waals surface area contributed by atoms with Gasteiger partial charge in [-0.3, -0.25) is 9.69 Å². The summed E-state index contributed by atoms with van der Waals surface area (Å²) in [4.78, 5) is 16.8. The Hall–Kier alpha value is -1.63. The topological polar surface area (TPSA) is 44.8 Å². The van der Waals surface area contributed by atoms with E-state index in [0.29, 0.717) is 19.7 Å². The predicted octanol–water partition coefficient (Wildman–Crippen LogP) is 3.00. The highest BCUT2D eigenvalue weighted by Gasteiger charge is 2.27. The number of carbonyl (C=O) groups is 1. The van der Waals surface area contributed by atoms with Gasteiger partial charge in [-0.1, -0.05) is 60.7 Å². The minimum absolute atomic E-state index is 0. The number of amides is 1. The van der Waals surface area contributed by atoms with Crippen LogP contribution in [0.5, 0.6) is 0 Å². The van der Waals surface area contributed by atoms with Crippen LogP contribution in [-0.4, -0.2) is 68.7 Å². The zero-order valence-electron chi connectivity index (χ0n) is 16.8. The van der Waals surface area contributed by atoms with Crippen molar-refractivity contribution in [2.24, 2.45) is 0 Å². The van der Waals surface area contributed by atoms with Crippen molar-refractivity contribution in [3.63, 3.8) is 0 Å². The largest absolute Gasteiger partial charge is 0.383 e. The van der Waals surface area contributed by atoms with Crippen molar-refractivity contribution in [2.75, 3.05) is 53.0 Å². The molecule has 0 atom stereocenters. The minimum atomic E-state index is 0. The molecule has 0 bridgehead atoms. The number of benzene rings is 2. The third kappa shape index (κ3) is 7.28. The van der Waals surface area contributed by atoms with Crippen molar-refractivity contribution in [3.8, 4) is 0 Å². The summed E-state index contributed by atoms with van der Waals surface area (Å²) in [5.41, 5.74) is 2.59. The van der Waals surface area contributed by atoms with E-state index in [0.717, 1.165) is 26.2 Å². The second-order valence-electron chi connectivity index (χ2n) is 6.81. The molecule has 1 fully saturated rings. The molecular weight excluding hydrogens is 409 g/mol. The molecule has 29 heavy (non-hydrogen) atoms. The highest BCUT2D eigenvalue weighted by atomic mass is 35.5. The van der Waals surface area contributed by atoms with E-state index in [9.17, 15) is 4.79 Å². The van der Waals surface area contributed by atoms with Gasteiger partial charge in [0.2, 0.25) is 5.91 Å². The molecule has 0 aliphatic carbocycles. The van der Waals surface area contributed by atoms with Gasteiger partial charge in [-0.15, -0.1) is 24.8 Å². The molecule has 0 aromatic heterocycles. The molecular formula is C22H31Cl2N3O2. The summed E-state index contributed by atoms with van der Waals surface area (Å²) in [5, 5.41) is 3.14. The van der Waals surface area contributed by atoms with Crippen LogP contribution in [0.1, 0.15) is 17.2 Å². The van der Waals surface area contributed by atoms with Crippen molar-refractivity contribution >= 4 is 30.7 Å². The Kier molecular flexibility index (Phi) is 11.9. The Morgan fingerprint density at radius 3 is 1.93 bits per heavy atom. The van der Waals surface area contributed by atoms with Crippen LogP contribution in [0, 0.1) is 0 Å². The monoisotopic (exact) mass is 439 g/mol. The standard InChI is InChI=1S/C22H29N3O2.2ClH/c1-27-17-12-23-18-21(26)24-13-15-25(16-14-24)22(19-8-4-2-5-9-19)20-10-6-3-7-11-20;;/h2-11,22-23H,12-18H2,1H3;2*1H. The highest BCUT2D eigenvalue weighted by Crippen LogP contribution is 2.29. The Morgan fingerprint density at radius 2 is 1.45 bits per heavy atom. The molecule has 160 valence electrons. The van der Waals surface area contributed by atoms with E-state index in [1.165, 1.54) is 11.1 Å². The zero-order chi connectivity index (χ0) is 18.9. The number of nitrogens with zero attached hydrogens (tertiary/aromatic N) is 2. The first-order valence-corrected chi connectivity index (χ1v) is 9.61. The quantitative estimate of drug-likeness (QED) is 0.642. The van der Waals surface area contributed by atoms with Crippen molar-refractivity contribution in [1.29, 1.82) is 0 Å². The van der Waals surface area contributed by atoms with E-state index >= 15 is 0 Å². The number of piperazine rings is 1. The Morgan fingerprint density at radius 1 is 0.931 bits per heavy atom. The van der Waals surface area contributed by atoms with Gasteiger partial charge in [0.15, 0.2) is 0 Å². The maximum absolute atomic E-state index is 12.4. The summed E-state index contributed by atoms with van der Waals surface area (Å²) in [6, 6.07) is 21.5. The maximum Gasteiger partial charge on any atom is 0.236 e. The number of ether oxygens (including phenoxy) is 1. The number of halogens is 2. The van der Waals surface area contributed by atoms with Crippen LogP contribution in [0.2, 0.25) is 0 Å². The molecule has 2 aromatic carbocycles. The second kappa shape index (κ2) is 13.6. The molecule has 1 N–H and O–H groups in total. The number of rotatable bonds is 8. The summed E-state index contributed by atoms with van der Waals surface area (Å²) in [6.07, 6.45) is 0. The van der Waals surface area contributed by atoms with Gasteiger partial charge >= 0.3 is 0 Å². The van der Waals surface area contributed by atoms with E-state index < -0.39 is 0 Å². The zero-order valence-corrected chi connectivity index (χ0v) is 18.5. The Bertz CT molecular complexity index is 656. The van der Waals surface area contributed by atoms with Crippen LogP contribution in [0.15, 0.2) is 60.7 Å². The summed E-state index contributed by atoms with van der Waals surface area (Å²) >= 11 is 0. The molecule has 1 aliphatic heterocycles. The summed E-state index contributed by atoms with van der Waals surface area (Å²) in [7, 11) is 1.67. The average molecular weight is 440 g/mol. The minimum Gasteiger partial charge on any atom is -0.383 e. The molecule has 0 saturated carbocycles. The fourth-order valence-corrected chi connectivity index (χ4v) is 3.60. The average Bonchev–Trinajstić information content (AvgIpc) is 2.73. The van der Waals surface area contributed by atoms with Gasteiger partial charge in [0, 0.05) is 39.8 Å². The molecule has 3 rings (SSSR count). The predicted molar refractivity (Wildman–Crippen MR) is 122 cm³/mol. The first-order chi connectivity index (χ1) is 13.3. The Labute approximate surface area is 186 Å². The van der Waals surface area contributed by atoms with Crippen LogP contribution in [-0.2, 0) is 9.53 Å². The molecule has 0 radical (unpaired) electrons. The summed E-state index contributed by atoms with van der Waals surface area (Å²) in [6.45, 7) is 4.98. The van der Waals surface area contributed by atoms with Gasteiger partial charge in [-0.25, -0.2) is 0 Å². The van der Waals surface area contributed by atoms with E-state index in [-0.39, 0.29) is 36.8 Å². The van der Waals surface area contributed by atoms with E-state index in [1.807, 2.05) is 4.90 Å². The third-order valence-electron chi connectivity index (χ3n) is 5.02. The fourth-order valence-electron chi connectivity index (χ4n) is 3.60. The lowest BCUT2D eigenvalue weighted by Gasteiger charge is -2.39. The smallest absolute Gasteiger partial charge is 0.236 e. The molecule has 0 spiro atoms. The lowest BCUT2D eigenvalue weighted by Crippen LogP contribution is -2.51. The van der Waals surface area contributed by atoms with Crippen LogP contribution >= 0.6 is 24.8 Å². The van der Waals surface area contributed by atoms with Crippen molar-refractivity contribution < 1.29 is 9.53 Å². The van der Waals surface area contributed by atoms with Crippen LogP contribution in [0.25, 0.3) is 0 Å². The molecule has 0 unspecified atom stereocenters. The first kappa shape index (κ1) is 25.4. The van der Waals surface area contributed by atoms with Crippen LogP contribution in [0.4, 0.5) is 0 Å². The fraction of sp³-hybridized carbons (Fsp3) is 0.409. The van der Waals surface area contributed by atoms with Crippen molar-refractivity contribution in [1.82, 2.24) is 15.1 Å². The van der Waals surface area contributed by atoms with Crippen molar-refractivity contribution in [3.05, 3.63) is 71.8 Å². The van der Waals surface area contributed by atoms with Gasteiger partial charge in [0.1, 0.15) is 0 Å². The first-order valence-electron chi connectivity index (χ1n) is 9.61. The van der Waals surface area contributed by atoms with E-state index in [4.69, 9.17) is 4.74 Å². The van der Waals surface area contributed by atoms with E-state index in [1.54, 1.807) is 7.11 Å². The van der Waals surface area contributed by atoms with Gasteiger partial charge in [0.25, 0.3) is 0 Å². The van der Waals surface area contributed by atoms with Gasteiger partial charge < -0.3 is 15.0 Å². The number of hydrogen-bond donors (Lipinski definition) is 1.